The molecule has 2 aromatic heterocycles. The number of rotatable bonds is 3. The van der Waals surface area contributed by atoms with E-state index in [1.807, 2.05) is 12.1 Å². The highest BCUT2D eigenvalue weighted by molar-refractivity contribution is 5.84. The first-order valence-corrected chi connectivity index (χ1v) is 10.1. The van der Waals surface area contributed by atoms with E-state index in [4.69, 9.17) is 9.97 Å². The summed E-state index contributed by atoms with van der Waals surface area (Å²) in [5.41, 5.74) is 8.93. The minimum Gasteiger partial charge on any atom is -0.276 e. The zero-order valence-corrected chi connectivity index (χ0v) is 16.9. The van der Waals surface area contributed by atoms with Crippen molar-refractivity contribution >= 4 is 16.8 Å². The summed E-state index contributed by atoms with van der Waals surface area (Å²) in [6, 6.07) is 27.8. The number of benzene rings is 3. The zero-order chi connectivity index (χ0) is 20.0. The van der Waals surface area contributed by atoms with Crippen LogP contribution in [-0.4, -0.2) is 14.4 Å². The van der Waals surface area contributed by atoms with Crippen LogP contribution in [0.3, 0.4) is 0 Å². The van der Waals surface area contributed by atoms with E-state index >= 15 is 0 Å². The Kier molecular flexibility index (Phi) is 4.17. The lowest BCUT2D eigenvalue weighted by Crippen LogP contribution is -1.98. The van der Waals surface area contributed by atoms with Crippen LogP contribution in [0.1, 0.15) is 30.9 Å². The van der Waals surface area contributed by atoms with Crippen molar-refractivity contribution in [3.8, 4) is 22.5 Å². The Hall–Kier alpha value is -3.46. The van der Waals surface area contributed by atoms with Crippen LogP contribution in [0, 0.1) is 6.92 Å². The van der Waals surface area contributed by atoms with Gasteiger partial charge in [-0.25, -0.2) is 9.97 Å². The van der Waals surface area contributed by atoms with E-state index in [2.05, 4.69) is 91.9 Å². The van der Waals surface area contributed by atoms with Gasteiger partial charge in [-0.2, -0.15) is 0 Å². The summed E-state index contributed by atoms with van der Waals surface area (Å²) in [5, 5.41) is 0. The molecular weight excluding hydrogens is 354 g/mol. The van der Waals surface area contributed by atoms with Crippen LogP contribution in [0.4, 0.5) is 0 Å². The second-order valence-corrected chi connectivity index (χ2v) is 7.91. The summed E-state index contributed by atoms with van der Waals surface area (Å²) in [6.07, 6.45) is 0. The summed E-state index contributed by atoms with van der Waals surface area (Å²) >= 11 is 0. The predicted molar refractivity (Wildman–Crippen MR) is 120 cm³/mol. The number of nitrogens with zero attached hydrogens (tertiary/aromatic N) is 3. The summed E-state index contributed by atoms with van der Waals surface area (Å²) in [5.74, 6) is 1.24. The molecule has 0 amide bonds. The molecule has 0 aliphatic carbocycles. The number of hydrogen-bond acceptors (Lipinski definition) is 2. The van der Waals surface area contributed by atoms with Crippen LogP contribution in [0.15, 0.2) is 78.9 Å². The molecule has 0 atom stereocenters. The number of aryl methyl sites for hydroxylation is 1. The molecule has 3 aromatic carbocycles. The van der Waals surface area contributed by atoms with Crippen molar-refractivity contribution in [1.82, 2.24) is 14.4 Å². The molecule has 0 N–H and O–H groups in total. The molecule has 2 heterocycles. The van der Waals surface area contributed by atoms with Crippen LogP contribution >= 0.6 is 0 Å². The molecule has 0 saturated carbocycles. The second-order valence-electron chi connectivity index (χ2n) is 7.91. The first kappa shape index (κ1) is 17.6. The van der Waals surface area contributed by atoms with Crippen molar-refractivity contribution in [2.24, 2.45) is 0 Å². The largest absolute Gasteiger partial charge is 0.276 e. The quantitative estimate of drug-likeness (QED) is 0.352. The van der Waals surface area contributed by atoms with Gasteiger partial charge < -0.3 is 0 Å². The van der Waals surface area contributed by atoms with Gasteiger partial charge in [0.2, 0.25) is 5.78 Å². The fourth-order valence-corrected chi connectivity index (χ4v) is 3.78. The summed E-state index contributed by atoms with van der Waals surface area (Å²) in [4.78, 5) is 9.70. The van der Waals surface area contributed by atoms with E-state index in [0.717, 1.165) is 33.8 Å². The molecule has 5 aromatic rings. The molecule has 0 saturated heterocycles. The van der Waals surface area contributed by atoms with Crippen molar-refractivity contribution in [3.63, 3.8) is 0 Å². The van der Waals surface area contributed by atoms with Crippen molar-refractivity contribution < 1.29 is 0 Å². The van der Waals surface area contributed by atoms with Crippen molar-refractivity contribution in [2.45, 2.75) is 26.7 Å². The lowest BCUT2D eigenvalue weighted by atomic mass is 10.00. The Morgan fingerprint density at radius 2 is 1.45 bits per heavy atom. The third-order valence-corrected chi connectivity index (χ3v) is 5.50. The molecule has 0 aliphatic rings. The molecule has 0 aliphatic heterocycles. The third kappa shape index (κ3) is 3.09. The minimum absolute atomic E-state index is 0.513. The van der Waals surface area contributed by atoms with Gasteiger partial charge in [-0.1, -0.05) is 80.1 Å². The Morgan fingerprint density at radius 3 is 2.17 bits per heavy atom. The molecule has 0 fully saturated rings. The molecule has 29 heavy (non-hydrogen) atoms. The molecule has 3 nitrogen and oxygen atoms in total. The highest BCUT2D eigenvalue weighted by atomic mass is 15.1. The molecule has 0 unspecified atom stereocenters. The predicted octanol–water partition coefficient (Wildman–Crippen LogP) is 6.65. The maximum absolute atomic E-state index is 4.90. The average Bonchev–Trinajstić information content (AvgIpc) is 3.12. The Labute approximate surface area is 170 Å². The van der Waals surface area contributed by atoms with E-state index in [1.54, 1.807) is 0 Å². The smallest absolute Gasteiger partial charge is 0.235 e. The number of para-hydroxylation sites is 2. The second kappa shape index (κ2) is 6.85. The number of aromatic nitrogens is 3. The topological polar surface area (TPSA) is 30.2 Å². The Balaban J connectivity index is 1.80. The third-order valence-electron chi connectivity index (χ3n) is 5.50. The lowest BCUT2D eigenvalue weighted by molar-refractivity contribution is 0.867. The molecule has 0 radical (unpaired) electrons. The zero-order valence-electron chi connectivity index (χ0n) is 16.9. The van der Waals surface area contributed by atoms with Crippen LogP contribution in [0.2, 0.25) is 0 Å². The van der Waals surface area contributed by atoms with Gasteiger partial charge in [0.1, 0.15) is 0 Å². The van der Waals surface area contributed by atoms with Gasteiger partial charge in [-0.15, -0.1) is 0 Å². The monoisotopic (exact) mass is 377 g/mol. The van der Waals surface area contributed by atoms with E-state index in [1.165, 1.54) is 16.7 Å². The van der Waals surface area contributed by atoms with Gasteiger partial charge in [-0.3, -0.25) is 4.40 Å². The normalized spacial score (nSPS) is 11.6. The van der Waals surface area contributed by atoms with Gasteiger partial charge in [0.25, 0.3) is 0 Å². The van der Waals surface area contributed by atoms with E-state index in [-0.39, 0.29) is 0 Å². The SMILES string of the molecule is Cc1ccc(-c2cc(-c3ccc(C(C)C)cc3)n3c(n2)nc2ccccc23)cc1. The maximum atomic E-state index is 4.90. The average molecular weight is 377 g/mol. The van der Waals surface area contributed by atoms with Crippen molar-refractivity contribution in [2.75, 3.05) is 0 Å². The first-order valence-electron chi connectivity index (χ1n) is 10.1. The van der Waals surface area contributed by atoms with Crippen molar-refractivity contribution in [3.05, 3.63) is 90.0 Å². The Morgan fingerprint density at radius 1 is 0.759 bits per heavy atom. The lowest BCUT2D eigenvalue weighted by Gasteiger charge is -2.12. The fourth-order valence-electron chi connectivity index (χ4n) is 3.78. The summed E-state index contributed by atoms with van der Waals surface area (Å²) < 4.78 is 2.16. The molecule has 142 valence electrons. The molecule has 3 heteroatoms. The van der Waals surface area contributed by atoms with Crippen LogP contribution in [0.5, 0.6) is 0 Å². The summed E-state index contributed by atoms with van der Waals surface area (Å²) in [6.45, 7) is 6.54. The highest BCUT2D eigenvalue weighted by Crippen LogP contribution is 2.30. The van der Waals surface area contributed by atoms with Crippen LogP contribution in [-0.2, 0) is 0 Å². The number of hydrogen-bond donors (Lipinski definition) is 0. The number of imidazole rings is 1. The van der Waals surface area contributed by atoms with E-state index < -0.39 is 0 Å². The van der Waals surface area contributed by atoms with Gasteiger partial charge in [0.15, 0.2) is 0 Å². The highest BCUT2D eigenvalue weighted by Gasteiger charge is 2.14. The molecule has 0 bridgehead atoms. The van der Waals surface area contributed by atoms with Crippen LogP contribution in [0.25, 0.3) is 39.3 Å². The standard InChI is InChI=1S/C26H23N3/c1-17(2)19-12-14-21(15-13-19)25-16-23(20-10-8-18(3)9-11-20)28-26-27-22-6-4-5-7-24(22)29(25)26/h4-17H,1-3H3. The first-order chi connectivity index (χ1) is 14.1. The van der Waals surface area contributed by atoms with Gasteiger partial charge in [0, 0.05) is 5.56 Å². The van der Waals surface area contributed by atoms with E-state index in [9.17, 15) is 0 Å². The van der Waals surface area contributed by atoms with Gasteiger partial charge >= 0.3 is 0 Å². The van der Waals surface area contributed by atoms with Crippen molar-refractivity contribution in [1.29, 1.82) is 0 Å². The fraction of sp³-hybridized carbons (Fsp3) is 0.154. The number of fused-ring (bicyclic) bond motifs is 3. The Bertz CT molecular complexity index is 1310. The molecule has 5 rings (SSSR count). The molecule has 0 spiro atoms. The van der Waals surface area contributed by atoms with Gasteiger partial charge in [0.05, 0.1) is 22.4 Å². The van der Waals surface area contributed by atoms with E-state index in [0.29, 0.717) is 5.92 Å². The minimum atomic E-state index is 0.513. The maximum Gasteiger partial charge on any atom is 0.235 e. The van der Waals surface area contributed by atoms with Gasteiger partial charge in [-0.05, 0) is 42.2 Å². The van der Waals surface area contributed by atoms with Crippen LogP contribution < -0.4 is 0 Å². The molecular formula is C26H23N3. The summed E-state index contributed by atoms with van der Waals surface area (Å²) in [7, 11) is 0.